The van der Waals surface area contributed by atoms with Crippen molar-refractivity contribution < 1.29 is 20.6 Å². The Kier molecular flexibility index (Phi) is 10.1. The summed E-state index contributed by atoms with van der Waals surface area (Å²) in [4.78, 5) is 0. The fourth-order valence-electron chi connectivity index (χ4n) is 4.54. The van der Waals surface area contributed by atoms with Gasteiger partial charge in [-0.2, -0.15) is 10.1 Å². The summed E-state index contributed by atoms with van der Waals surface area (Å²) in [5.41, 5.74) is 0.345. The number of hydrogen-bond donors (Lipinski definition) is 4. The zero-order chi connectivity index (χ0) is 24.1. The van der Waals surface area contributed by atoms with Crippen molar-refractivity contribution in [1.29, 1.82) is 0 Å². The molecule has 0 aliphatic heterocycles. The predicted molar refractivity (Wildman–Crippen MR) is 125 cm³/mol. The zero-order valence-electron chi connectivity index (χ0n) is 21.0. The van der Waals surface area contributed by atoms with Crippen molar-refractivity contribution in [2.24, 2.45) is 17.8 Å². The molecule has 0 radical (unpaired) electrons. The highest BCUT2D eigenvalue weighted by molar-refractivity contribution is 5.28. The largest absolute Gasteiger partial charge is 0.394 e. The van der Waals surface area contributed by atoms with Gasteiger partial charge in [-0.15, -0.1) is 0 Å². The summed E-state index contributed by atoms with van der Waals surface area (Å²) in [7, 11) is 0. The Morgan fingerprint density at radius 1 is 0.806 bits per heavy atom. The van der Waals surface area contributed by atoms with Gasteiger partial charge in [0, 0.05) is 11.6 Å². The van der Waals surface area contributed by atoms with Gasteiger partial charge in [-0.3, -0.25) is 0 Å². The molecule has 0 saturated carbocycles. The van der Waals surface area contributed by atoms with Crippen LogP contribution in [-0.2, 0) is 6.42 Å². The molecule has 6 nitrogen and oxygen atoms in total. The van der Waals surface area contributed by atoms with Gasteiger partial charge in [0.2, 0.25) is 0 Å². The number of nitrogens with zero attached hydrogens (tertiary/aromatic N) is 2. The molecule has 0 heterocycles. The van der Waals surface area contributed by atoms with Gasteiger partial charge in [0.15, 0.2) is 0 Å². The minimum Gasteiger partial charge on any atom is -0.394 e. The van der Waals surface area contributed by atoms with Gasteiger partial charge in [0.1, 0.15) is 0 Å². The molecule has 1 atom stereocenters. The molecular weight excluding hydrogens is 392 g/mol. The van der Waals surface area contributed by atoms with Crippen LogP contribution in [0, 0.1) is 17.8 Å². The molecule has 6 heteroatoms. The highest BCUT2D eigenvalue weighted by Crippen LogP contribution is 2.34. The molecule has 0 spiro atoms. The van der Waals surface area contributed by atoms with Crippen LogP contribution >= 0.6 is 0 Å². The molecule has 31 heavy (non-hydrogen) atoms. The Morgan fingerprint density at radius 3 is 1.74 bits per heavy atom. The van der Waals surface area contributed by atoms with E-state index in [1.807, 2.05) is 45.9 Å². The highest BCUT2D eigenvalue weighted by Gasteiger charge is 2.38. The van der Waals surface area contributed by atoms with Gasteiger partial charge in [-0.05, 0) is 56.1 Å². The Morgan fingerprint density at radius 2 is 1.32 bits per heavy atom. The fourth-order valence-corrected chi connectivity index (χ4v) is 4.54. The van der Waals surface area contributed by atoms with E-state index in [1.165, 1.54) is 5.06 Å². The SMILES string of the molecule is CC(C)C(C(C)C)N(O)C(C)(C)Cc1cccc(C(C(C)C)N(O)C(C)(CO)CO)c1. The van der Waals surface area contributed by atoms with Crippen molar-refractivity contribution in [1.82, 2.24) is 10.1 Å². The minimum atomic E-state index is -1.14. The van der Waals surface area contributed by atoms with Crippen molar-refractivity contribution in [3.63, 3.8) is 0 Å². The molecule has 1 aromatic carbocycles. The summed E-state index contributed by atoms with van der Waals surface area (Å²) in [5, 5.41) is 44.1. The van der Waals surface area contributed by atoms with E-state index in [4.69, 9.17) is 0 Å². The fraction of sp³-hybridized carbons (Fsp3) is 0.760. The lowest BCUT2D eigenvalue weighted by atomic mass is 9.85. The van der Waals surface area contributed by atoms with Gasteiger partial charge < -0.3 is 20.6 Å². The third-order valence-corrected chi connectivity index (χ3v) is 6.33. The lowest BCUT2D eigenvalue weighted by Gasteiger charge is -2.43. The van der Waals surface area contributed by atoms with E-state index in [1.54, 1.807) is 6.92 Å². The van der Waals surface area contributed by atoms with E-state index < -0.39 is 17.1 Å². The first-order valence-electron chi connectivity index (χ1n) is 11.5. The smallest absolute Gasteiger partial charge is 0.0898 e. The molecule has 4 N–H and O–H groups in total. The average molecular weight is 439 g/mol. The number of rotatable bonds is 12. The zero-order valence-corrected chi connectivity index (χ0v) is 21.0. The third kappa shape index (κ3) is 6.73. The second kappa shape index (κ2) is 11.2. The monoisotopic (exact) mass is 438 g/mol. The molecule has 1 aromatic rings. The van der Waals surface area contributed by atoms with Crippen LogP contribution in [0.25, 0.3) is 0 Å². The number of aliphatic hydroxyl groups is 2. The van der Waals surface area contributed by atoms with Gasteiger partial charge in [-0.25, -0.2) is 0 Å². The first kappa shape index (κ1) is 28.0. The summed E-state index contributed by atoms with van der Waals surface area (Å²) in [6.45, 7) is 17.5. The van der Waals surface area contributed by atoms with Crippen LogP contribution in [0.4, 0.5) is 0 Å². The molecule has 0 amide bonds. The van der Waals surface area contributed by atoms with Crippen LogP contribution in [0.5, 0.6) is 0 Å². The van der Waals surface area contributed by atoms with E-state index in [-0.39, 0.29) is 25.2 Å². The van der Waals surface area contributed by atoms with Crippen LogP contribution in [0.3, 0.4) is 0 Å². The van der Waals surface area contributed by atoms with E-state index in [0.717, 1.165) is 16.2 Å². The van der Waals surface area contributed by atoms with Crippen molar-refractivity contribution in [2.75, 3.05) is 13.2 Å². The molecule has 0 aliphatic carbocycles. The van der Waals surface area contributed by atoms with Crippen molar-refractivity contribution in [3.05, 3.63) is 35.4 Å². The van der Waals surface area contributed by atoms with Crippen molar-refractivity contribution in [2.45, 2.75) is 91.9 Å². The molecule has 0 saturated heterocycles. The molecular formula is C25H46N2O4. The van der Waals surface area contributed by atoms with Crippen molar-refractivity contribution in [3.8, 4) is 0 Å². The van der Waals surface area contributed by atoms with Crippen LogP contribution < -0.4 is 0 Å². The van der Waals surface area contributed by atoms with Crippen molar-refractivity contribution >= 4 is 0 Å². The van der Waals surface area contributed by atoms with Crippen LogP contribution in [0.1, 0.15) is 79.5 Å². The van der Waals surface area contributed by atoms with E-state index in [9.17, 15) is 20.6 Å². The molecule has 0 fully saturated rings. The normalized spacial score (nSPS) is 14.7. The number of benzene rings is 1. The van der Waals surface area contributed by atoms with E-state index in [0.29, 0.717) is 18.3 Å². The predicted octanol–water partition coefficient (Wildman–Crippen LogP) is 4.51. The first-order chi connectivity index (χ1) is 14.2. The summed E-state index contributed by atoms with van der Waals surface area (Å²) < 4.78 is 0. The Balaban J connectivity index is 3.24. The van der Waals surface area contributed by atoms with Crippen LogP contribution in [0.15, 0.2) is 24.3 Å². The van der Waals surface area contributed by atoms with E-state index >= 15 is 0 Å². The standard InChI is InChI=1S/C25H46N2O4/c1-17(2)22(18(3)4)26(30)24(7,8)14-20-11-10-12-21(13-20)23(19(5)6)27(31)25(9,15-28)16-29/h10-13,17-19,22-23,28-31H,14-16H2,1-9H3. The maximum Gasteiger partial charge on any atom is 0.0898 e. The van der Waals surface area contributed by atoms with Gasteiger partial charge in [0.05, 0.1) is 24.8 Å². The number of hydrogen-bond acceptors (Lipinski definition) is 6. The lowest BCUT2D eigenvalue weighted by Crippen LogP contribution is -2.53. The average Bonchev–Trinajstić information content (AvgIpc) is 2.66. The Hall–Kier alpha value is -1.02. The third-order valence-electron chi connectivity index (χ3n) is 6.33. The first-order valence-corrected chi connectivity index (χ1v) is 11.5. The second-order valence-corrected chi connectivity index (χ2v) is 10.9. The molecule has 1 unspecified atom stereocenters. The quantitative estimate of drug-likeness (QED) is 0.359. The molecule has 0 bridgehead atoms. The van der Waals surface area contributed by atoms with Gasteiger partial charge >= 0.3 is 0 Å². The summed E-state index contributed by atoms with van der Waals surface area (Å²) in [6.07, 6.45) is 0.640. The van der Waals surface area contributed by atoms with E-state index in [2.05, 4.69) is 33.8 Å². The summed E-state index contributed by atoms with van der Waals surface area (Å²) in [5.74, 6) is 0.684. The molecule has 0 aromatic heterocycles. The topological polar surface area (TPSA) is 87.4 Å². The number of hydroxylamine groups is 4. The maximum atomic E-state index is 11.1. The van der Waals surface area contributed by atoms with Gasteiger partial charge in [0.25, 0.3) is 0 Å². The molecule has 180 valence electrons. The second-order valence-electron chi connectivity index (χ2n) is 10.9. The lowest BCUT2D eigenvalue weighted by molar-refractivity contribution is -0.229. The highest BCUT2D eigenvalue weighted by atomic mass is 16.5. The van der Waals surface area contributed by atoms with Crippen LogP contribution in [0.2, 0.25) is 0 Å². The summed E-state index contributed by atoms with van der Waals surface area (Å²) in [6, 6.07) is 7.67. The maximum absolute atomic E-state index is 11.1. The Bertz CT molecular complexity index is 663. The molecule has 0 aliphatic rings. The molecule has 1 rings (SSSR count). The summed E-state index contributed by atoms with van der Waals surface area (Å²) >= 11 is 0. The minimum absolute atomic E-state index is 0.0457. The van der Waals surface area contributed by atoms with Gasteiger partial charge in [-0.1, -0.05) is 65.8 Å². The van der Waals surface area contributed by atoms with Crippen LogP contribution in [-0.4, -0.2) is 61.1 Å². The number of aliphatic hydroxyl groups excluding tert-OH is 2. The Labute approximate surface area is 189 Å².